The maximum absolute atomic E-state index is 5.28. The van der Waals surface area contributed by atoms with E-state index in [1.165, 1.54) is 5.56 Å². The summed E-state index contributed by atoms with van der Waals surface area (Å²) in [5.74, 6) is 0.819. The minimum Gasteiger partial charge on any atom is -0.342 e. The third-order valence-corrected chi connectivity index (χ3v) is 4.24. The molecular formula is C13H14BrN3S. The van der Waals surface area contributed by atoms with Crippen LogP contribution in [0.25, 0.3) is 11.4 Å². The van der Waals surface area contributed by atoms with Crippen molar-refractivity contribution in [3.63, 3.8) is 0 Å². The fraction of sp³-hybridized carbons (Fsp3) is 0.308. The molecule has 0 atom stereocenters. The maximum Gasteiger partial charge on any atom is 0.144 e. The number of nitrogens with zero attached hydrogens (tertiary/aromatic N) is 2. The molecule has 0 unspecified atom stereocenters. The molecule has 0 bridgehead atoms. The zero-order valence-electron chi connectivity index (χ0n) is 10.3. The lowest BCUT2D eigenvalue weighted by atomic mass is 10.1. The summed E-state index contributed by atoms with van der Waals surface area (Å²) in [6.45, 7) is 4.19. The highest BCUT2D eigenvalue weighted by molar-refractivity contribution is 9.10. The summed E-state index contributed by atoms with van der Waals surface area (Å²) < 4.78 is 1.48. The van der Waals surface area contributed by atoms with Crippen molar-refractivity contribution >= 4 is 28.1 Å². The van der Waals surface area contributed by atoms with Crippen LogP contribution in [0, 0.1) is 4.64 Å². The number of hydrogen-bond donors (Lipinski definition) is 1. The molecule has 18 heavy (non-hydrogen) atoms. The van der Waals surface area contributed by atoms with Crippen LogP contribution in [-0.2, 0) is 12.8 Å². The Labute approximate surface area is 120 Å². The molecule has 0 saturated heterocycles. The number of halogens is 1. The van der Waals surface area contributed by atoms with Crippen molar-refractivity contribution in [1.82, 2.24) is 15.0 Å². The number of hydrogen-bond acceptors (Lipinski definition) is 3. The van der Waals surface area contributed by atoms with Crippen LogP contribution in [0.4, 0.5) is 0 Å². The predicted molar refractivity (Wildman–Crippen MR) is 79.1 cm³/mol. The van der Waals surface area contributed by atoms with Crippen molar-refractivity contribution in [2.24, 2.45) is 0 Å². The average Bonchev–Trinajstić information content (AvgIpc) is 2.41. The molecule has 1 N–H and O–H groups in total. The minimum absolute atomic E-state index is 0.597. The van der Waals surface area contributed by atoms with Gasteiger partial charge in [-0.15, -0.1) is 0 Å². The molecule has 0 spiro atoms. The Hall–Kier alpha value is -1.07. The van der Waals surface area contributed by atoms with Crippen LogP contribution < -0.4 is 0 Å². The van der Waals surface area contributed by atoms with Crippen LogP contribution in [-0.4, -0.2) is 15.0 Å². The first-order valence-corrected chi connectivity index (χ1v) is 7.09. The van der Waals surface area contributed by atoms with Crippen LogP contribution in [0.3, 0.4) is 0 Å². The third-order valence-electron chi connectivity index (χ3n) is 2.83. The van der Waals surface area contributed by atoms with E-state index in [0.29, 0.717) is 4.64 Å². The Balaban J connectivity index is 2.64. The quantitative estimate of drug-likeness (QED) is 0.865. The van der Waals surface area contributed by atoms with Gasteiger partial charge in [0, 0.05) is 23.7 Å². The molecule has 94 valence electrons. The number of aromatic nitrogens is 3. The van der Waals surface area contributed by atoms with Crippen molar-refractivity contribution in [3.05, 3.63) is 38.8 Å². The number of aryl methyl sites for hydroxylation is 2. The van der Waals surface area contributed by atoms with E-state index in [-0.39, 0.29) is 0 Å². The highest BCUT2D eigenvalue weighted by Gasteiger charge is 2.09. The Morgan fingerprint density at radius 1 is 1.33 bits per heavy atom. The largest absolute Gasteiger partial charge is 0.342 e. The lowest BCUT2D eigenvalue weighted by Gasteiger charge is -2.09. The van der Waals surface area contributed by atoms with Crippen molar-refractivity contribution in [3.8, 4) is 11.4 Å². The maximum atomic E-state index is 5.28. The molecule has 0 aliphatic rings. The van der Waals surface area contributed by atoms with Gasteiger partial charge in [-0.2, -0.15) is 0 Å². The van der Waals surface area contributed by atoms with Gasteiger partial charge in [-0.3, -0.25) is 4.98 Å². The molecule has 0 radical (unpaired) electrons. The Kier molecular flexibility index (Phi) is 4.24. The first kappa shape index (κ1) is 13.4. The Morgan fingerprint density at radius 2 is 2.11 bits per heavy atom. The van der Waals surface area contributed by atoms with E-state index < -0.39 is 0 Å². The summed E-state index contributed by atoms with van der Waals surface area (Å²) in [6.07, 6.45) is 5.46. The Bertz CT molecular complexity index is 622. The van der Waals surface area contributed by atoms with E-state index in [9.17, 15) is 0 Å². The van der Waals surface area contributed by atoms with Gasteiger partial charge in [0.2, 0.25) is 0 Å². The van der Waals surface area contributed by atoms with Gasteiger partial charge in [0.1, 0.15) is 10.5 Å². The van der Waals surface area contributed by atoms with E-state index in [1.807, 2.05) is 12.3 Å². The molecule has 2 aromatic heterocycles. The summed E-state index contributed by atoms with van der Waals surface area (Å²) in [5.41, 5.74) is 3.31. The minimum atomic E-state index is 0.597. The number of rotatable bonds is 3. The summed E-state index contributed by atoms with van der Waals surface area (Å²) in [4.78, 5) is 11.9. The van der Waals surface area contributed by atoms with Gasteiger partial charge in [0.25, 0.3) is 0 Å². The number of H-pyrrole nitrogens is 1. The molecular weight excluding hydrogens is 310 g/mol. The first-order valence-electron chi connectivity index (χ1n) is 5.89. The summed E-state index contributed by atoms with van der Waals surface area (Å²) in [5, 5.41) is 0. The zero-order valence-corrected chi connectivity index (χ0v) is 12.7. The van der Waals surface area contributed by atoms with Crippen LogP contribution in [0.15, 0.2) is 22.9 Å². The van der Waals surface area contributed by atoms with E-state index >= 15 is 0 Å². The highest BCUT2D eigenvalue weighted by atomic mass is 79.9. The van der Waals surface area contributed by atoms with E-state index in [0.717, 1.165) is 34.4 Å². The second-order valence-corrected chi connectivity index (χ2v) is 5.10. The molecule has 3 nitrogen and oxygen atoms in total. The van der Waals surface area contributed by atoms with Gasteiger partial charge in [0.05, 0.1) is 4.47 Å². The summed E-state index contributed by atoms with van der Waals surface area (Å²) >= 11 is 8.75. The van der Waals surface area contributed by atoms with Gasteiger partial charge < -0.3 is 4.98 Å². The van der Waals surface area contributed by atoms with E-state index in [2.05, 4.69) is 44.7 Å². The molecule has 0 fully saturated rings. The van der Waals surface area contributed by atoms with Crippen molar-refractivity contribution in [2.45, 2.75) is 26.7 Å². The molecule has 0 amide bonds. The van der Waals surface area contributed by atoms with Crippen molar-refractivity contribution in [1.29, 1.82) is 0 Å². The SMILES string of the molecule is CCc1cnccc1-c1nc(=S)c(Br)c(CC)[nH]1. The van der Waals surface area contributed by atoms with Gasteiger partial charge in [-0.05, 0) is 40.4 Å². The molecule has 0 aliphatic heterocycles. The smallest absolute Gasteiger partial charge is 0.144 e. The standard InChI is InChI=1S/C13H14BrN3S/c1-3-8-7-15-6-5-9(8)12-16-10(4-2)11(14)13(18)17-12/h5-7H,3-4H2,1-2H3,(H,16,17,18). The van der Waals surface area contributed by atoms with Crippen LogP contribution in [0.2, 0.25) is 0 Å². The molecule has 2 aromatic rings. The molecule has 0 aromatic carbocycles. The molecule has 0 aliphatic carbocycles. The second kappa shape index (κ2) is 5.71. The average molecular weight is 324 g/mol. The normalized spacial score (nSPS) is 10.6. The van der Waals surface area contributed by atoms with Gasteiger partial charge >= 0.3 is 0 Å². The van der Waals surface area contributed by atoms with Gasteiger partial charge in [0.15, 0.2) is 0 Å². The molecule has 2 heterocycles. The topological polar surface area (TPSA) is 41.6 Å². The first-order chi connectivity index (χ1) is 8.67. The van der Waals surface area contributed by atoms with Crippen LogP contribution in [0.5, 0.6) is 0 Å². The van der Waals surface area contributed by atoms with E-state index in [1.54, 1.807) is 6.20 Å². The zero-order chi connectivity index (χ0) is 13.1. The van der Waals surface area contributed by atoms with Crippen molar-refractivity contribution < 1.29 is 0 Å². The summed E-state index contributed by atoms with van der Waals surface area (Å²) in [6, 6.07) is 1.97. The predicted octanol–water partition coefficient (Wildman–Crippen LogP) is 4.09. The fourth-order valence-corrected chi connectivity index (χ4v) is 2.50. The third kappa shape index (κ3) is 2.52. The lowest BCUT2D eigenvalue weighted by molar-refractivity contribution is 0.977. The molecule has 5 heteroatoms. The monoisotopic (exact) mass is 323 g/mol. The number of nitrogens with one attached hydrogen (secondary N) is 1. The van der Waals surface area contributed by atoms with Gasteiger partial charge in [-0.25, -0.2) is 4.98 Å². The van der Waals surface area contributed by atoms with Gasteiger partial charge in [-0.1, -0.05) is 26.1 Å². The van der Waals surface area contributed by atoms with Crippen LogP contribution in [0.1, 0.15) is 25.1 Å². The summed E-state index contributed by atoms with van der Waals surface area (Å²) in [7, 11) is 0. The highest BCUT2D eigenvalue weighted by Crippen LogP contribution is 2.24. The fourth-order valence-electron chi connectivity index (χ4n) is 1.82. The van der Waals surface area contributed by atoms with Crippen LogP contribution >= 0.6 is 28.1 Å². The lowest BCUT2D eigenvalue weighted by Crippen LogP contribution is -1.99. The molecule has 2 rings (SSSR count). The van der Waals surface area contributed by atoms with Crippen molar-refractivity contribution in [2.75, 3.05) is 0 Å². The number of aromatic amines is 1. The Morgan fingerprint density at radius 3 is 2.78 bits per heavy atom. The van der Waals surface area contributed by atoms with E-state index in [4.69, 9.17) is 12.2 Å². The second-order valence-electron chi connectivity index (χ2n) is 3.92. The molecule has 0 saturated carbocycles. The number of pyridine rings is 1.